The van der Waals surface area contributed by atoms with Crippen LogP contribution in [-0.4, -0.2) is 35.2 Å². The van der Waals surface area contributed by atoms with E-state index in [4.69, 9.17) is 10.0 Å². The monoisotopic (exact) mass is 269 g/mol. The first-order valence-corrected chi connectivity index (χ1v) is 6.43. The molecule has 0 aromatic heterocycles. The van der Waals surface area contributed by atoms with Crippen LogP contribution in [-0.2, 0) is 6.54 Å². The fraction of sp³-hybridized carbons (Fsp3) is 0.538. The minimum Gasteiger partial charge on any atom is -0.423 e. The maximum Gasteiger partial charge on any atom is 0.488 e. The van der Waals surface area contributed by atoms with Gasteiger partial charge in [-0.1, -0.05) is 37.1 Å². The Hall–Kier alpha value is -0.545. The van der Waals surface area contributed by atoms with E-state index in [0.29, 0.717) is 5.46 Å². The Morgan fingerprint density at radius 2 is 1.72 bits per heavy atom. The van der Waals surface area contributed by atoms with Gasteiger partial charge in [0.25, 0.3) is 0 Å². The summed E-state index contributed by atoms with van der Waals surface area (Å²) in [5.41, 5.74) is 1.75. The summed E-state index contributed by atoms with van der Waals surface area (Å²) in [5, 5.41) is 18.3. The zero-order valence-corrected chi connectivity index (χ0v) is 11.4. The molecule has 5 heteroatoms. The molecule has 0 atom stereocenters. The minimum atomic E-state index is -1.36. The molecule has 1 aliphatic rings. The predicted octanol–water partition coefficient (Wildman–Crippen LogP) is 1.16. The third-order valence-corrected chi connectivity index (χ3v) is 3.35. The summed E-state index contributed by atoms with van der Waals surface area (Å²) < 4.78 is 0. The third kappa shape index (κ3) is 4.61. The zero-order valence-electron chi connectivity index (χ0n) is 10.6. The molecule has 1 aromatic rings. The van der Waals surface area contributed by atoms with Gasteiger partial charge in [0.2, 0.25) is 0 Å². The average molecular weight is 270 g/mol. The lowest BCUT2D eigenvalue weighted by Crippen LogP contribution is -2.31. The van der Waals surface area contributed by atoms with Gasteiger partial charge in [0.05, 0.1) is 0 Å². The quantitative estimate of drug-likeness (QED) is 0.810. The molecule has 0 spiro atoms. The van der Waals surface area contributed by atoms with Gasteiger partial charge in [0.15, 0.2) is 0 Å². The van der Waals surface area contributed by atoms with Crippen molar-refractivity contribution in [1.82, 2.24) is 4.90 Å². The van der Waals surface area contributed by atoms with E-state index in [2.05, 4.69) is 11.0 Å². The van der Waals surface area contributed by atoms with Gasteiger partial charge < -0.3 is 10.0 Å². The highest BCUT2D eigenvalue weighted by atomic mass is 35.5. The molecule has 0 unspecified atom stereocenters. The fourth-order valence-corrected chi connectivity index (χ4v) is 2.40. The first-order valence-electron chi connectivity index (χ1n) is 6.43. The molecule has 0 amide bonds. The molecule has 1 saturated heterocycles. The molecule has 1 aliphatic heterocycles. The van der Waals surface area contributed by atoms with Crippen LogP contribution in [0.2, 0.25) is 0 Å². The van der Waals surface area contributed by atoms with Crippen LogP contribution in [0.5, 0.6) is 0 Å². The number of hydrogen-bond donors (Lipinski definition) is 2. The van der Waals surface area contributed by atoms with Crippen LogP contribution in [0.3, 0.4) is 0 Å². The molecule has 0 aliphatic carbocycles. The standard InChI is InChI=1S/C13H20BNO2.ClH/c16-14(17)13-7-5-6-12(10-13)11-15-8-3-1-2-4-9-15;/h5-7,10,16-17H,1-4,8-9,11H2;1H. The Kier molecular flexibility index (Phi) is 6.72. The van der Waals surface area contributed by atoms with Crippen LogP contribution >= 0.6 is 12.4 Å². The average Bonchev–Trinajstić information content (AvgIpc) is 2.58. The van der Waals surface area contributed by atoms with Gasteiger partial charge in [0, 0.05) is 6.54 Å². The van der Waals surface area contributed by atoms with E-state index < -0.39 is 7.12 Å². The Balaban J connectivity index is 0.00000162. The third-order valence-electron chi connectivity index (χ3n) is 3.35. The molecule has 1 fully saturated rings. The van der Waals surface area contributed by atoms with E-state index in [1.807, 2.05) is 12.1 Å². The number of halogens is 1. The topological polar surface area (TPSA) is 43.7 Å². The predicted molar refractivity (Wildman–Crippen MR) is 77.3 cm³/mol. The molecule has 0 saturated carbocycles. The first kappa shape index (κ1) is 15.5. The van der Waals surface area contributed by atoms with Crippen molar-refractivity contribution in [1.29, 1.82) is 0 Å². The lowest BCUT2D eigenvalue weighted by molar-refractivity contribution is 0.277. The molecule has 1 heterocycles. The van der Waals surface area contributed by atoms with Crippen LogP contribution in [0.1, 0.15) is 31.2 Å². The van der Waals surface area contributed by atoms with Crippen molar-refractivity contribution < 1.29 is 10.0 Å². The van der Waals surface area contributed by atoms with Crippen molar-refractivity contribution in [2.45, 2.75) is 32.2 Å². The van der Waals surface area contributed by atoms with Crippen LogP contribution in [0.25, 0.3) is 0 Å². The number of likely N-dealkylation sites (tertiary alicyclic amines) is 1. The Labute approximate surface area is 115 Å². The van der Waals surface area contributed by atoms with Gasteiger partial charge >= 0.3 is 7.12 Å². The lowest BCUT2D eigenvalue weighted by Gasteiger charge is -2.20. The summed E-state index contributed by atoms with van der Waals surface area (Å²) in [5.74, 6) is 0. The molecular weight excluding hydrogens is 248 g/mol. The SMILES string of the molecule is Cl.OB(O)c1cccc(CN2CCCCCC2)c1. The zero-order chi connectivity index (χ0) is 12.1. The lowest BCUT2D eigenvalue weighted by atomic mass is 9.79. The number of hydrogen-bond acceptors (Lipinski definition) is 3. The molecular formula is C13H21BClNO2. The largest absolute Gasteiger partial charge is 0.488 e. The van der Waals surface area contributed by atoms with Crippen LogP contribution < -0.4 is 5.46 Å². The smallest absolute Gasteiger partial charge is 0.423 e. The molecule has 100 valence electrons. The van der Waals surface area contributed by atoms with Crippen LogP contribution in [0, 0.1) is 0 Å². The maximum atomic E-state index is 9.14. The number of benzene rings is 1. The maximum absolute atomic E-state index is 9.14. The second kappa shape index (κ2) is 7.79. The van der Waals surface area contributed by atoms with Crippen molar-refractivity contribution >= 4 is 25.0 Å². The summed E-state index contributed by atoms with van der Waals surface area (Å²) in [4.78, 5) is 2.45. The Bertz CT molecular complexity index is 355. The van der Waals surface area contributed by atoms with Gasteiger partial charge in [-0.3, -0.25) is 4.90 Å². The van der Waals surface area contributed by atoms with Gasteiger partial charge in [-0.05, 0) is 37.0 Å². The molecule has 0 radical (unpaired) electrons. The summed E-state index contributed by atoms with van der Waals surface area (Å²) in [7, 11) is -1.36. The van der Waals surface area contributed by atoms with E-state index in [0.717, 1.165) is 25.2 Å². The number of nitrogens with zero attached hydrogens (tertiary/aromatic N) is 1. The van der Waals surface area contributed by atoms with Gasteiger partial charge in [-0.15, -0.1) is 12.4 Å². The second-order valence-electron chi connectivity index (χ2n) is 4.81. The highest BCUT2D eigenvalue weighted by Crippen LogP contribution is 2.12. The summed E-state index contributed by atoms with van der Waals surface area (Å²) >= 11 is 0. The fourth-order valence-electron chi connectivity index (χ4n) is 2.40. The van der Waals surface area contributed by atoms with Crippen molar-refractivity contribution in [3.63, 3.8) is 0 Å². The molecule has 1 aromatic carbocycles. The molecule has 18 heavy (non-hydrogen) atoms. The first-order chi connectivity index (χ1) is 8.25. The minimum absolute atomic E-state index is 0. The van der Waals surface area contributed by atoms with E-state index >= 15 is 0 Å². The highest BCUT2D eigenvalue weighted by molar-refractivity contribution is 6.58. The second-order valence-corrected chi connectivity index (χ2v) is 4.81. The summed E-state index contributed by atoms with van der Waals surface area (Å²) in [6.07, 6.45) is 5.24. The highest BCUT2D eigenvalue weighted by Gasteiger charge is 2.13. The summed E-state index contributed by atoms with van der Waals surface area (Å²) in [6.45, 7) is 3.23. The molecule has 3 nitrogen and oxygen atoms in total. The van der Waals surface area contributed by atoms with E-state index in [9.17, 15) is 0 Å². The number of rotatable bonds is 3. The molecule has 2 rings (SSSR count). The van der Waals surface area contributed by atoms with Crippen molar-refractivity contribution in [2.24, 2.45) is 0 Å². The van der Waals surface area contributed by atoms with Crippen molar-refractivity contribution in [3.8, 4) is 0 Å². The van der Waals surface area contributed by atoms with E-state index in [1.54, 1.807) is 6.07 Å². The van der Waals surface area contributed by atoms with Crippen molar-refractivity contribution in [3.05, 3.63) is 29.8 Å². The summed E-state index contributed by atoms with van der Waals surface area (Å²) in [6, 6.07) is 7.57. The van der Waals surface area contributed by atoms with E-state index in [-0.39, 0.29) is 12.4 Å². The van der Waals surface area contributed by atoms with Crippen LogP contribution in [0.15, 0.2) is 24.3 Å². The van der Waals surface area contributed by atoms with Gasteiger partial charge in [0.1, 0.15) is 0 Å². The van der Waals surface area contributed by atoms with Gasteiger partial charge in [-0.2, -0.15) is 0 Å². The molecule has 0 bridgehead atoms. The van der Waals surface area contributed by atoms with Crippen LogP contribution in [0.4, 0.5) is 0 Å². The molecule has 2 N–H and O–H groups in total. The normalized spacial score (nSPS) is 16.8. The Morgan fingerprint density at radius 3 is 2.33 bits per heavy atom. The Morgan fingerprint density at radius 1 is 1.06 bits per heavy atom. The van der Waals surface area contributed by atoms with E-state index in [1.165, 1.54) is 25.7 Å². The van der Waals surface area contributed by atoms with Crippen molar-refractivity contribution in [2.75, 3.05) is 13.1 Å². The van der Waals surface area contributed by atoms with Gasteiger partial charge in [-0.25, -0.2) is 0 Å².